The van der Waals surface area contributed by atoms with Gasteiger partial charge in [0.1, 0.15) is 5.82 Å². The van der Waals surface area contributed by atoms with E-state index in [0.29, 0.717) is 6.07 Å². The number of rotatable bonds is 7. The molecular weight excluding hydrogens is 403 g/mol. The first-order valence-electron chi connectivity index (χ1n) is 6.60. The van der Waals surface area contributed by atoms with Crippen molar-refractivity contribution in [2.75, 3.05) is 29.7 Å². The fourth-order valence-electron chi connectivity index (χ4n) is 1.60. The molecular formula is C11H16ClFN4O6S2. The molecule has 14 heteroatoms. The summed E-state index contributed by atoms with van der Waals surface area (Å²) >= 11 is 5.81. The van der Waals surface area contributed by atoms with Crippen LogP contribution in [0.2, 0.25) is 5.02 Å². The van der Waals surface area contributed by atoms with Crippen LogP contribution in [0.3, 0.4) is 0 Å². The number of nitrogens with one attached hydrogen (secondary N) is 3. The number of anilines is 2. The van der Waals surface area contributed by atoms with Crippen molar-refractivity contribution in [3.05, 3.63) is 23.0 Å². The van der Waals surface area contributed by atoms with Gasteiger partial charge in [-0.25, -0.2) is 9.18 Å². The lowest BCUT2D eigenvalue weighted by Gasteiger charge is -2.24. The molecule has 1 rings (SSSR count). The van der Waals surface area contributed by atoms with Crippen molar-refractivity contribution in [2.24, 2.45) is 0 Å². The molecule has 0 heterocycles. The van der Waals surface area contributed by atoms with Gasteiger partial charge in [0.05, 0.1) is 23.0 Å². The van der Waals surface area contributed by atoms with E-state index in [1.54, 1.807) is 0 Å². The molecule has 0 spiro atoms. The monoisotopic (exact) mass is 418 g/mol. The molecule has 1 aromatic rings. The number of ether oxygens (including phenoxy) is 1. The van der Waals surface area contributed by atoms with Crippen molar-refractivity contribution in [3.8, 4) is 0 Å². The van der Waals surface area contributed by atoms with E-state index in [-0.39, 0.29) is 10.3 Å². The van der Waals surface area contributed by atoms with Crippen molar-refractivity contribution in [2.45, 2.75) is 6.92 Å². The largest absolute Gasteiger partial charge is 0.450 e. The second kappa shape index (κ2) is 8.14. The third-order valence-corrected chi connectivity index (χ3v) is 6.48. The molecule has 0 saturated carbocycles. The summed E-state index contributed by atoms with van der Waals surface area (Å²) in [5, 5.41) is 1.50. The maximum atomic E-state index is 13.9. The zero-order valence-electron chi connectivity index (χ0n) is 13.3. The third-order valence-electron chi connectivity index (χ3n) is 2.70. The molecule has 142 valence electrons. The van der Waals surface area contributed by atoms with Crippen molar-refractivity contribution in [1.29, 1.82) is 0 Å². The maximum absolute atomic E-state index is 13.9. The number of nitrogens with zero attached hydrogens (tertiary/aromatic N) is 1. The Morgan fingerprint density at radius 2 is 1.72 bits per heavy atom. The van der Waals surface area contributed by atoms with E-state index in [1.807, 2.05) is 14.8 Å². The first kappa shape index (κ1) is 21.4. The van der Waals surface area contributed by atoms with Crippen LogP contribution < -0.4 is 18.5 Å². The lowest BCUT2D eigenvalue weighted by molar-refractivity contribution is 0.168. The fourth-order valence-corrected chi connectivity index (χ4v) is 4.57. The highest BCUT2D eigenvalue weighted by atomic mass is 35.5. The fraction of sp³-hybridized carbons (Fsp3) is 0.364. The zero-order valence-corrected chi connectivity index (χ0v) is 15.7. The smallest absolute Gasteiger partial charge is 0.411 e. The van der Waals surface area contributed by atoms with Crippen LogP contribution in [-0.4, -0.2) is 43.6 Å². The van der Waals surface area contributed by atoms with Gasteiger partial charge < -0.3 is 4.74 Å². The summed E-state index contributed by atoms with van der Waals surface area (Å²) in [7, 11) is -7.23. The van der Waals surface area contributed by atoms with Gasteiger partial charge in [0.25, 0.3) is 0 Å². The Bertz CT molecular complexity index is 828. The number of amides is 1. The number of hydrogen-bond acceptors (Lipinski definition) is 6. The lowest BCUT2D eigenvalue weighted by atomic mass is 10.2. The number of hydrogen-bond donors (Lipinski definition) is 3. The van der Waals surface area contributed by atoms with E-state index >= 15 is 0 Å². The van der Waals surface area contributed by atoms with Crippen molar-refractivity contribution >= 4 is 49.5 Å². The summed E-state index contributed by atoms with van der Waals surface area (Å²) in [6.07, 6.45) is -1.02. The van der Waals surface area contributed by atoms with Gasteiger partial charge in [-0.2, -0.15) is 26.3 Å². The van der Waals surface area contributed by atoms with E-state index in [9.17, 15) is 26.0 Å². The summed E-state index contributed by atoms with van der Waals surface area (Å²) < 4.78 is 70.5. The average Bonchev–Trinajstić information content (AvgIpc) is 2.51. The number of carbonyl (C=O) groups is 1. The Labute approximate surface area is 149 Å². The Hall–Kier alpha value is -1.67. The highest BCUT2D eigenvalue weighted by Crippen LogP contribution is 2.34. The van der Waals surface area contributed by atoms with Gasteiger partial charge in [-0.05, 0) is 19.1 Å². The Kier molecular flexibility index (Phi) is 6.96. The van der Waals surface area contributed by atoms with Crippen LogP contribution in [0.4, 0.5) is 20.6 Å². The van der Waals surface area contributed by atoms with E-state index in [2.05, 4.69) is 4.74 Å². The summed E-state index contributed by atoms with van der Waals surface area (Å²) in [5.74, 6) is -1.02. The Balaban J connectivity index is 3.58. The van der Waals surface area contributed by atoms with Crippen LogP contribution in [0, 0.1) is 5.82 Å². The van der Waals surface area contributed by atoms with Crippen LogP contribution in [0.25, 0.3) is 0 Å². The first-order valence-corrected chi connectivity index (χ1v) is 9.86. The van der Waals surface area contributed by atoms with Crippen LogP contribution >= 0.6 is 11.6 Å². The minimum Gasteiger partial charge on any atom is -0.450 e. The Morgan fingerprint density at radius 1 is 1.20 bits per heavy atom. The normalized spacial score (nSPS) is 11.9. The van der Waals surface area contributed by atoms with Crippen molar-refractivity contribution < 1.29 is 30.8 Å². The third kappa shape index (κ3) is 4.92. The number of carbonyl (C=O) groups excluding carboxylic acids is 1. The molecule has 0 aliphatic rings. The van der Waals surface area contributed by atoms with Gasteiger partial charge in [0.15, 0.2) is 0 Å². The minimum absolute atomic E-state index is 0.00227. The lowest BCUT2D eigenvalue weighted by Crippen LogP contribution is -2.47. The average molecular weight is 419 g/mol. The van der Waals surface area contributed by atoms with Crippen LogP contribution in [0.15, 0.2) is 12.1 Å². The molecule has 0 bridgehead atoms. The molecule has 0 aromatic heterocycles. The van der Waals surface area contributed by atoms with Gasteiger partial charge in [0, 0.05) is 14.1 Å². The minimum atomic E-state index is -4.59. The quantitative estimate of drug-likeness (QED) is 0.599. The first-order chi connectivity index (χ1) is 11.5. The Morgan fingerprint density at radius 3 is 2.16 bits per heavy atom. The van der Waals surface area contributed by atoms with Crippen molar-refractivity contribution in [1.82, 2.24) is 9.44 Å². The molecule has 0 radical (unpaired) electrons. The standard InChI is InChI=1S/C11H16ClFN4O6S2/c1-4-23-11(18)16-9-6-10(7(12)5-8(9)13)17(24(19,20)14-2)25(21,22)15-3/h5-6,14-15H,4H2,1-3H3,(H,16,18). The zero-order chi connectivity index (χ0) is 19.4. The predicted octanol–water partition coefficient (Wildman–Crippen LogP) is 0.782. The molecule has 0 saturated heterocycles. The topological polar surface area (TPSA) is 134 Å². The number of benzene rings is 1. The van der Waals surface area contributed by atoms with E-state index in [4.69, 9.17) is 11.6 Å². The summed E-state index contributed by atoms with van der Waals surface area (Å²) in [5.41, 5.74) is -1.14. The van der Waals surface area contributed by atoms with E-state index < -0.39 is 48.7 Å². The maximum Gasteiger partial charge on any atom is 0.411 e. The van der Waals surface area contributed by atoms with Crippen LogP contribution in [-0.2, 0) is 25.2 Å². The number of halogens is 2. The molecule has 1 aromatic carbocycles. The van der Waals surface area contributed by atoms with E-state index in [0.717, 1.165) is 20.2 Å². The molecule has 0 aliphatic heterocycles. The molecule has 0 unspecified atom stereocenters. The highest BCUT2D eigenvalue weighted by Gasteiger charge is 2.34. The van der Waals surface area contributed by atoms with Gasteiger partial charge >= 0.3 is 26.5 Å². The second-order valence-corrected chi connectivity index (χ2v) is 8.33. The van der Waals surface area contributed by atoms with Gasteiger partial charge in [-0.3, -0.25) is 5.32 Å². The molecule has 10 nitrogen and oxygen atoms in total. The molecule has 25 heavy (non-hydrogen) atoms. The molecule has 1 amide bonds. The SMILES string of the molecule is CCOC(=O)Nc1cc(N(S(=O)(=O)NC)S(=O)(=O)NC)c(Cl)cc1F. The van der Waals surface area contributed by atoms with Gasteiger partial charge in [-0.15, -0.1) is 3.71 Å². The van der Waals surface area contributed by atoms with Crippen LogP contribution in [0.1, 0.15) is 6.92 Å². The van der Waals surface area contributed by atoms with E-state index in [1.165, 1.54) is 6.92 Å². The molecule has 3 N–H and O–H groups in total. The summed E-state index contributed by atoms with van der Waals surface area (Å²) in [4.78, 5) is 11.4. The van der Waals surface area contributed by atoms with Crippen LogP contribution in [0.5, 0.6) is 0 Å². The van der Waals surface area contributed by atoms with Gasteiger partial charge in [-0.1, -0.05) is 11.6 Å². The second-order valence-electron chi connectivity index (χ2n) is 4.24. The molecule has 0 aliphatic carbocycles. The van der Waals surface area contributed by atoms with Crippen molar-refractivity contribution in [3.63, 3.8) is 0 Å². The summed E-state index contributed by atoms with van der Waals surface area (Å²) in [6, 6.07) is 1.40. The highest BCUT2D eigenvalue weighted by molar-refractivity contribution is 8.08. The predicted molar refractivity (Wildman–Crippen MR) is 90.5 cm³/mol. The van der Waals surface area contributed by atoms with Gasteiger partial charge in [0.2, 0.25) is 0 Å². The molecule has 0 atom stereocenters. The summed E-state index contributed by atoms with van der Waals surface area (Å²) in [6.45, 7) is 1.52. The molecule has 0 fully saturated rings.